The van der Waals surface area contributed by atoms with Gasteiger partial charge in [0.25, 0.3) is 0 Å². The van der Waals surface area contributed by atoms with Crippen LogP contribution >= 0.6 is 23.2 Å². The lowest BCUT2D eigenvalue weighted by molar-refractivity contribution is 0.379. The van der Waals surface area contributed by atoms with Crippen LogP contribution in [-0.4, -0.2) is 17.1 Å². The molecule has 0 N–H and O–H groups in total. The van der Waals surface area contributed by atoms with Crippen molar-refractivity contribution < 1.29 is 4.74 Å². The lowest BCUT2D eigenvalue weighted by Crippen LogP contribution is -1.92. The van der Waals surface area contributed by atoms with Crippen LogP contribution in [0.1, 0.15) is 0 Å². The molecule has 1 heterocycles. The first-order valence-electron chi connectivity index (χ1n) is 4.45. The number of aromatic nitrogens is 2. The lowest BCUT2D eigenvalue weighted by atomic mass is 10.1. The van der Waals surface area contributed by atoms with Crippen molar-refractivity contribution in [3.63, 3.8) is 0 Å². The first-order valence-corrected chi connectivity index (χ1v) is 5.20. The molecule has 1 aromatic carbocycles. The third kappa shape index (κ3) is 2.26. The number of nitrogens with zero attached hydrogens (tertiary/aromatic N) is 2. The minimum absolute atomic E-state index is 0.272. The van der Waals surface area contributed by atoms with E-state index in [1.54, 1.807) is 24.4 Å². The fraction of sp³-hybridized carbons (Fsp3) is 0.0909. The van der Waals surface area contributed by atoms with E-state index in [2.05, 4.69) is 16.2 Å². The zero-order valence-electron chi connectivity index (χ0n) is 8.37. The Morgan fingerprint density at radius 1 is 1.31 bits per heavy atom. The smallest absolute Gasteiger partial charge is 0.316 e. The molecule has 0 atom stereocenters. The molecule has 0 aliphatic heterocycles. The largest absolute Gasteiger partial charge is 0.467 e. The molecule has 1 radical (unpaired) electrons. The average Bonchev–Trinajstić information content (AvgIpc) is 2.29. The zero-order chi connectivity index (χ0) is 11.5. The van der Waals surface area contributed by atoms with E-state index in [0.717, 1.165) is 5.56 Å². The van der Waals surface area contributed by atoms with Gasteiger partial charge in [0, 0.05) is 22.3 Å². The predicted molar refractivity (Wildman–Crippen MR) is 62.9 cm³/mol. The van der Waals surface area contributed by atoms with Crippen LogP contribution in [0.5, 0.6) is 6.01 Å². The second-order valence-corrected chi connectivity index (χ2v) is 3.85. The molecule has 3 nitrogen and oxygen atoms in total. The Hall–Kier alpha value is -1.32. The highest BCUT2D eigenvalue weighted by Gasteiger charge is 2.06. The van der Waals surface area contributed by atoms with Crippen molar-refractivity contribution in [3.05, 3.63) is 40.6 Å². The van der Waals surface area contributed by atoms with Crippen molar-refractivity contribution in [3.8, 4) is 17.1 Å². The number of hydrogen-bond acceptors (Lipinski definition) is 3. The number of halogens is 2. The summed E-state index contributed by atoms with van der Waals surface area (Å²) >= 11 is 11.9. The summed E-state index contributed by atoms with van der Waals surface area (Å²) < 4.78 is 4.85. The van der Waals surface area contributed by atoms with Crippen molar-refractivity contribution in [2.75, 3.05) is 7.11 Å². The van der Waals surface area contributed by atoms with E-state index in [0.29, 0.717) is 15.6 Å². The van der Waals surface area contributed by atoms with Gasteiger partial charge in [0.05, 0.1) is 12.1 Å². The van der Waals surface area contributed by atoms with Gasteiger partial charge in [-0.3, -0.25) is 0 Å². The summed E-state index contributed by atoms with van der Waals surface area (Å²) in [5.41, 5.74) is 1.48. The van der Waals surface area contributed by atoms with Crippen molar-refractivity contribution in [2.45, 2.75) is 0 Å². The SMILES string of the molecule is COc1n[c]c(-c2ccc(Cl)cc2Cl)cn1. The summed E-state index contributed by atoms with van der Waals surface area (Å²) in [5, 5.41) is 1.13. The molecule has 81 valence electrons. The van der Waals surface area contributed by atoms with E-state index in [4.69, 9.17) is 27.9 Å². The Labute approximate surface area is 103 Å². The van der Waals surface area contributed by atoms with E-state index < -0.39 is 0 Å². The number of rotatable bonds is 2. The van der Waals surface area contributed by atoms with Crippen molar-refractivity contribution in [1.29, 1.82) is 0 Å². The molecule has 0 amide bonds. The van der Waals surface area contributed by atoms with Gasteiger partial charge in [-0.05, 0) is 12.1 Å². The van der Waals surface area contributed by atoms with Gasteiger partial charge in [-0.1, -0.05) is 29.3 Å². The Kier molecular flexibility index (Phi) is 3.27. The van der Waals surface area contributed by atoms with Crippen molar-refractivity contribution in [2.24, 2.45) is 0 Å². The Morgan fingerprint density at radius 2 is 2.12 bits per heavy atom. The predicted octanol–water partition coefficient (Wildman–Crippen LogP) is 3.26. The van der Waals surface area contributed by atoms with Crippen LogP contribution in [0.25, 0.3) is 11.1 Å². The van der Waals surface area contributed by atoms with Gasteiger partial charge < -0.3 is 4.74 Å². The molecule has 0 fully saturated rings. The van der Waals surface area contributed by atoms with Crippen molar-refractivity contribution in [1.82, 2.24) is 9.97 Å². The van der Waals surface area contributed by atoms with E-state index in [1.165, 1.54) is 7.11 Å². The molecule has 16 heavy (non-hydrogen) atoms. The zero-order valence-corrected chi connectivity index (χ0v) is 9.88. The van der Waals surface area contributed by atoms with Gasteiger partial charge in [0.1, 0.15) is 6.20 Å². The topological polar surface area (TPSA) is 35.0 Å². The third-order valence-electron chi connectivity index (χ3n) is 1.98. The number of methoxy groups -OCH3 is 1. The van der Waals surface area contributed by atoms with Crippen LogP contribution in [0.2, 0.25) is 10.0 Å². The first-order chi connectivity index (χ1) is 7.70. The molecule has 2 aromatic rings. The van der Waals surface area contributed by atoms with Crippen LogP contribution in [0.3, 0.4) is 0 Å². The molecule has 0 bridgehead atoms. The minimum atomic E-state index is 0.272. The monoisotopic (exact) mass is 253 g/mol. The second-order valence-electron chi connectivity index (χ2n) is 3.01. The maximum atomic E-state index is 6.05. The van der Waals surface area contributed by atoms with Crippen LogP contribution in [0, 0.1) is 6.20 Å². The molecular weight excluding hydrogens is 247 g/mol. The quantitative estimate of drug-likeness (QED) is 0.824. The molecule has 0 spiro atoms. The van der Waals surface area contributed by atoms with Crippen molar-refractivity contribution >= 4 is 23.2 Å². The highest BCUT2D eigenvalue weighted by atomic mass is 35.5. The third-order valence-corrected chi connectivity index (χ3v) is 2.53. The molecule has 0 unspecified atom stereocenters. The van der Waals surface area contributed by atoms with E-state index in [9.17, 15) is 0 Å². The maximum Gasteiger partial charge on any atom is 0.316 e. The normalized spacial score (nSPS) is 10.2. The van der Waals surface area contributed by atoms with Crippen LogP contribution in [0.4, 0.5) is 0 Å². The van der Waals surface area contributed by atoms with Gasteiger partial charge in [-0.15, -0.1) is 0 Å². The highest BCUT2D eigenvalue weighted by molar-refractivity contribution is 6.36. The lowest BCUT2D eigenvalue weighted by Gasteiger charge is -2.04. The molecule has 1 aromatic heterocycles. The summed E-state index contributed by atoms with van der Waals surface area (Å²) in [7, 11) is 1.50. The fourth-order valence-electron chi connectivity index (χ4n) is 1.22. The summed E-state index contributed by atoms with van der Waals surface area (Å²) in [6.45, 7) is 0. The Bertz CT molecular complexity index is 500. The molecule has 0 aliphatic carbocycles. The number of benzene rings is 1. The van der Waals surface area contributed by atoms with Crippen LogP contribution in [0.15, 0.2) is 24.4 Å². The van der Waals surface area contributed by atoms with Crippen LogP contribution < -0.4 is 4.74 Å². The number of hydrogen-bond donors (Lipinski definition) is 0. The molecule has 5 heteroatoms. The molecular formula is C11H7Cl2N2O. The summed E-state index contributed by atoms with van der Waals surface area (Å²) in [4.78, 5) is 7.87. The fourth-order valence-corrected chi connectivity index (χ4v) is 1.73. The van der Waals surface area contributed by atoms with E-state index in [1.807, 2.05) is 0 Å². The van der Waals surface area contributed by atoms with Gasteiger partial charge >= 0.3 is 6.01 Å². The Morgan fingerprint density at radius 3 is 2.69 bits per heavy atom. The molecule has 0 saturated heterocycles. The van der Waals surface area contributed by atoms with E-state index >= 15 is 0 Å². The molecule has 0 aliphatic rings. The second kappa shape index (κ2) is 4.68. The van der Waals surface area contributed by atoms with Gasteiger partial charge in [-0.2, -0.15) is 4.98 Å². The average molecular weight is 254 g/mol. The first kappa shape index (κ1) is 11.2. The summed E-state index contributed by atoms with van der Waals surface area (Å²) in [6.07, 6.45) is 4.40. The maximum absolute atomic E-state index is 6.05. The molecule has 2 rings (SSSR count). The van der Waals surface area contributed by atoms with Crippen LogP contribution in [-0.2, 0) is 0 Å². The van der Waals surface area contributed by atoms with E-state index in [-0.39, 0.29) is 6.01 Å². The standard InChI is InChI=1S/C11H7Cl2N2O/c1-16-11-14-5-7(6-15-11)9-3-2-8(12)4-10(9)13/h2-5H,1H3. The van der Waals surface area contributed by atoms with Gasteiger partial charge in [0.15, 0.2) is 0 Å². The minimum Gasteiger partial charge on any atom is -0.467 e. The molecule has 0 saturated carbocycles. The number of ether oxygens (including phenoxy) is 1. The Balaban J connectivity index is 2.42. The van der Waals surface area contributed by atoms with Gasteiger partial charge in [0.2, 0.25) is 0 Å². The summed E-state index contributed by atoms with van der Waals surface area (Å²) in [5.74, 6) is 0. The summed E-state index contributed by atoms with van der Waals surface area (Å²) in [6, 6.07) is 5.48. The van der Waals surface area contributed by atoms with Gasteiger partial charge in [-0.25, -0.2) is 4.98 Å². The highest BCUT2D eigenvalue weighted by Crippen LogP contribution is 2.29.